The van der Waals surface area contributed by atoms with Gasteiger partial charge in [-0.25, -0.2) is 9.67 Å². The van der Waals surface area contributed by atoms with E-state index in [0.29, 0.717) is 17.8 Å². The van der Waals surface area contributed by atoms with Crippen LogP contribution < -0.4 is 14.8 Å². The van der Waals surface area contributed by atoms with Crippen molar-refractivity contribution in [2.45, 2.75) is 6.54 Å². The minimum atomic E-state index is 0.562. The molecule has 2 heterocycles. The SMILES string of the molecule is COc1ccc(Cn2ncc3c(Nc4cccc(OC)c4)c(/C=N/O)cnc32)cc1. The van der Waals surface area contributed by atoms with E-state index in [1.807, 2.05) is 53.2 Å². The highest BCUT2D eigenvalue weighted by molar-refractivity contribution is 6.01. The van der Waals surface area contributed by atoms with E-state index < -0.39 is 0 Å². The smallest absolute Gasteiger partial charge is 0.160 e. The summed E-state index contributed by atoms with van der Waals surface area (Å²) in [4.78, 5) is 4.53. The Kier molecular flexibility index (Phi) is 5.47. The third-order valence-corrected chi connectivity index (χ3v) is 4.72. The van der Waals surface area contributed by atoms with Gasteiger partial charge in [0, 0.05) is 23.5 Å². The molecule has 2 aromatic heterocycles. The summed E-state index contributed by atoms with van der Waals surface area (Å²) < 4.78 is 12.3. The molecule has 0 fully saturated rings. The summed E-state index contributed by atoms with van der Waals surface area (Å²) in [7, 11) is 3.26. The summed E-state index contributed by atoms with van der Waals surface area (Å²) in [6.07, 6.45) is 4.75. The minimum Gasteiger partial charge on any atom is -0.497 e. The first-order chi connectivity index (χ1) is 14.7. The number of rotatable bonds is 7. The zero-order valence-corrected chi connectivity index (χ0v) is 16.6. The highest BCUT2D eigenvalue weighted by Gasteiger charge is 2.14. The highest BCUT2D eigenvalue weighted by atomic mass is 16.5. The Hall–Kier alpha value is -4.07. The third kappa shape index (κ3) is 3.88. The number of oxime groups is 1. The van der Waals surface area contributed by atoms with Gasteiger partial charge in [0.05, 0.1) is 44.2 Å². The second-order valence-electron chi connectivity index (χ2n) is 6.58. The lowest BCUT2D eigenvalue weighted by Gasteiger charge is -2.12. The predicted molar refractivity (Wildman–Crippen MR) is 115 cm³/mol. The Morgan fingerprint density at radius 2 is 1.87 bits per heavy atom. The molecule has 8 nitrogen and oxygen atoms in total. The Bertz CT molecular complexity index is 1190. The molecule has 0 radical (unpaired) electrons. The van der Waals surface area contributed by atoms with E-state index in [2.05, 4.69) is 20.6 Å². The predicted octanol–water partition coefficient (Wildman–Crippen LogP) is 4.05. The first kappa shape index (κ1) is 19.3. The third-order valence-electron chi connectivity index (χ3n) is 4.72. The molecule has 0 aliphatic rings. The van der Waals surface area contributed by atoms with Gasteiger partial charge in [-0.1, -0.05) is 23.4 Å². The Balaban J connectivity index is 1.73. The number of anilines is 2. The molecule has 4 aromatic rings. The van der Waals surface area contributed by atoms with Crippen LogP contribution in [-0.2, 0) is 6.54 Å². The standard InChI is InChI=1S/C22H21N5O3/c1-29-18-8-6-15(7-9-18)14-27-22-20(13-24-27)21(16(11-23-22)12-25-28)26-17-4-3-5-19(10-17)30-2/h3-13,28H,14H2,1-2H3,(H,23,26)/b25-12+. The van der Waals surface area contributed by atoms with Gasteiger partial charge in [-0.3, -0.25) is 0 Å². The summed E-state index contributed by atoms with van der Waals surface area (Å²) in [6, 6.07) is 15.4. The first-order valence-electron chi connectivity index (χ1n) is 9.28. The monoisotopic (exact) mass is 403 g/mol. The van der Waals surface area contributed by atoms with Crippen LogP contribution in [-0.4, -0.2) is 40.4 Å². The van der Waals surface area contributed by atoms with Crippen LogP contribution in [0.5, 0.6) is 11.5 Å². The maximum atomic E-state index is 9.07. The molecule has 0 bridgehead atoms. The van der Waals surface area contributed by atoms with Crippen molar-refractivity contribution >= 4 is 28.6 Å². The van der Waals surface area contributed by atoms with Crippen molar-refractivity contribution in [1.29, 1.82) is 0 Å². The van der Waals surface area contributed by atoms with Gasteiger partial charge in [0.1, 0.15) is 11.5 Å². The van der Waals surface area contributed by atoms with E-state index in [1.165, 1.54) is 6.21 Å². The molecular formula is C22H21N5O3. The maximum absolute atomic E-state index is 9.07. The maximum Gasteiger partial charge on any atom is 0.160 e. The van der Waals surface area contributed by atoms with Crippen LogP contribution in [0.3, 0.4) is 0 Å². The Morgan fingerprint density at radius 1 is 1.07 bits per heavy atom. The topological polar surface area (TPSA) is 93.8 Å². The largest absolute Gasteiger partial charge is 0.497 e. The summed E-state index contributed by atoms with van der Waals surface area (Å²) in [5.74, 6) is 1.54. The van der Waals surface area contributed by atoms with Crippen LogP contribution in [0, 0.1) is 0 Å². The van der Waals surface area contributed by atoms with E-state index in [-0.39, 0.29) is 0 Å². The van der Waals surface area contributed by atoms with Crippen LogP contribution in [0.1, 0.15) is 11.1 Å². The molecular weight excluding hydrogens is 382 g/mol. The Morgan fingerprint density at radius 3 is 2.60 bits per heavy atom. The molecule has 0 unspecified atom stereocenters. The number of fused-ring (bicyclic) bond motifs is 1. The number of ether oxygens (including phenoxy) is 2. The molecule has 2 aromatic carbocycles. The molecule has 0 atom stereocenters. The van der Waals surface area contributed by atoms with Crippen LogP contribution >= 0.6 is 0 Å². The average molecular weight is 403 g/mol. The first-order valence-corrected chi connectivity index (χ1v) is 9.28. The lowest BCUT2D eigenvalue weighted by molar-refractivity contribution is 0.322. The van der Waals surface area contributed by atoms with Gasteiger partial charge >= 0.3 is 0 Å². The van der Waals surface area contributed by atoms with Crippen LogP contribution in [0.15, 0.2) is 66.1 Å². The number of nitrogens with one attached hydrogen (secondary N) is 1. The van der Waals surface area contributed by atoms with E-state index in [4.69, 9.17) is 14.7 Å². The fourth-order valence-electron chi connectivity index (χ4n) is 3.21. The number of pyridine rings is 1. The number of aromatic nitrogens is 3. The lowest BCUT2D eigenvalue weighted by atomic mass is 10.1. The normalized spacial score (nSPS) is 11.1. The van der Waals surface area contributed by atoms with Crippen molar-refractivity contribution < 1.29 is 14.7 Å². The van der Waals surface area contributed by atoms with Gasteiger partial charge in [-0.2, -0.15) is 5.10 Å². The zero-order valence-electron chi connectivity index (χ0n) is 16.6. The second-order valence-corrected chi connectivity index (χ2v) is 6.58. The molecule has 30 heavy (non-hydrogen) atoms. The van der Waals surface area contributed by atoms with Crippen LogP contribution in [0.4, 0.5) is 11.4 Å². The van der Waals surface area contributed by atoms with Gasteiger partial charge in [0.15, 0.2) is 5.65 Å². The molecule has 4 rings (SSSR count). The number of hydrogen-bond donors (Lipinski definition) is 2. The minimum absolute atomic E-state index is 0.562. The fourth-order valence-corrected chi connectivity index (χ4v) is 3.21. The number of hydrogen-bond acceptors (Lipinski definition) is 7. The second kappa shape index (κ2) is 8.52. The van der Waals surface area contributed by atoms with Gasteiger partial charge in [0.25, 0.3) is 0 Å². The van der Waals surface area contributed by atoms with Gasteiger partial charge in [-0.05, 0) is 29.8 Å². The van der Waals surface area contributed by atoms with E-state index >= 15 is 0 Å². The van der Waals surface area contributed by atoms with Crippen LogP contribution in [0.25, 0.3) is 11.0 Å². The molecule has 0 saturated heterocycles. The molecule has 8 heteroatoms. The lowest BCUT2D eigenvalue weighted by Crippen LogP contribution is -2.04. The molecule has 0 amide bonds. The fraction of sp³-hybridized carbons (Fsp3) is 0.136. The van der Waals surface area contributed by atoms with Crippen molar-refractivity contribution in [3.05, 3.63) is 72.1 Å². The van der Waals surface area contributed by atoms with E-state index in [9.17, 15) is 0 Å². The molecule has 152 valence electrons. The number of methoxy groups -OCH3 is 2. The van der Waals surface area contributed by atoms with Crippen molar-refractivity contribution in [2.24, 2.45) is 5.16 Å². The number of benzene rings is 2. The van der Waals surface area contributed by atoms with E-state index in [1.54, 1.807) is 26.6 Å². The highest BCUT2D eigenvalue weighted by Crippen LogP contribution is 2.30. The van der Waals surface area contributed by atoms with Crippen molar-refractivity contribution in [2.75, 3.05) is 19.5 Å². The molecule has 0 saturated carbocycles. The van der Waals surface area contributed by atoms with Gasteiger partial charge in [0.2, 0.25) is 0 Å². The molecule has 0 aliphatic carbocycles. The van der Waals surface area contributed by atoms with Crippen LogP contribution in [0.2, 0.25) is 0 Å². The van der Waals surface area contributed by atoms with Crippen molar-refractivity contribution in [3.8, 4) is 11.5 Å². The summed E-state index contributed by atoms with van der Waals surface area (Å²) in [6.45, 7) is 0.562. The van der Waals surface area contributed by atoms with Gasteiger partial charge in [-0.15, -0.1) is 0 Å². The number of nitrogens with zero attached hydrogens (tertiary/aromatic N) is 4. The summed E-state index contributed by atoms with van der Waals surface area (Å²) in [5, 5.41) is 20.9. The molecule has 2 N–H and O–H groups in total. The summed E-state index contributed by atoms with van der Waals surface area (Å²) >= 11 is 0. The average Bonchev–Trinajstić information content (AvgIpc) is 3.19. The van der Waals surface area contributed by atoms with Gasteiger partial charge < -0.3 is 20.0 Å². The zero-order chi connectivity index (χ0) is 20.9. The molecule has 0 spiro atoms. The van der Waals surface area contributed by atoms with E-state index in [0.717, 1.165) is 33.8 Å². The molecule has 0 aliphatic heterocycles. The summed E-state index contributed by atoms with van der Waals surface area (Å²) in [5.41, 5.74) is 4.00. The van der Waals surface area contributed by atoms with Crippen molar-refractivity contribution in [1.82, 2.24) is 14.8 Å². The van der Waals surface area contributed by atoms with Crippen molar-refractivity contribution in [3.63, 3.8) is 0 Å². The quantitative estimate of drug-likeness (QED) is 0.275. The Labute approximate surface area is 173 Å².